The predicted molar refractivity (Wildman–Crippen MR) is 108 cm³/mol. The Balaban J connectivity index is 1.53. The number of hydrogen-bond donors (Lipinski definition) is 2. The van der Waals surface area contributed by atoms with Crippen molar-refractivity contribution >= 4 is 17.4 Å². The fourth-order valence-corrected chi connectivity index (χ4v) is 3.11. The zero-order chi connectivity index (χ0) is 19.1. The predicted octanol–water partition coefficient (Wildman–Crippen LogP) is 3.20. The van der Waals surface area contributed by atoms with Crippen molar-refractivity contribution in [2.75, 3.05) is 50.0 Å². The Morgan fingerprint density at radius 1 is 1.19 bits per heavy atom. The van der Waals surface area contributed by atoms with Gasteiger partial charge in [0.1, 0.15) is 5.82 Å². The first-order chi connectivity index (χ1) is 13.1. The number of morpholine rings is 1. The number of para-hydroxylation sites is 1. The molecule has 6 nitrogen and oxygen atoms in total. The summed E-state index contributed by atoms with van der Waals surface area (Å²) in [5.74, 6) is 0.982. The molecule has 1 saturated heterocycles. The molecule has 0 radical (unpaired) electrons. The quantitative estimate of drug-likeness (QED) is 0.786. The van der Waals surface area contributed by atoms with Crippen LogP contribution in [0.15, 0.2) is 42.6 Å². The number of nitrogens with one attached hydrogen (secondary N) is 2. The van der Waals surface area contributed by atoms with Crippen molar-refractivity contribution in [3.63, 3.8) is 0 Å². The summed E-state index contributed by atoms with van der Waals surface area (Å²) in [6, 6.07) is 11.5. The van der Waals surface area contributed by atoms with E-state index in [0.717, 1.165) is 56.5 Å². The third-order valence-electron chi connectivity index (χ3n) is 4.69. The van der Waals surface area contributed by atoms with Gasteiger partial charge < -0.3 is 15.4 Å². The van der Waals surface area contributed by atoms with E-state index in [1.165, 1.54) is 0 Å². The molecule has 1 aromatic carbocycles. The lowest BCUT2D eigenvalue weighted by Crippen LogP contribution is -2.39. The minimum absolute atomic E-state index is 0.143. The molecule has 0 saturated carbocycles. The van der Waals surface area contributed by atoms with Crippen molar-refractivity contribution in [2.45, 2.75) is 19.8 Å². The topological polar surface area (TPSA) is 66.5 Å². The van der Waals surface area contributed by atoms with Gasteiger partial charge in [-0.25, -0.2) is 4.98 Å². The van der Waals surface area contributed by atoms with Crippen LogP contribution in [0.3, 0.4) is 0 Å². The molecule has 1 fully saturated rings. The molecule has 0 atom stereocenters. The fraction of sp³-hybridized carbons (Fsp3) is 0.429. The Bertz CT molecular complexity index is 740. The van der Waals surface area contributed by atoms with Crippen molar-refractivity contribution < 1.29 is 9.53 Å². The van der Waals surface area contributed by atoms with Gasteiger partial charge in [0.2, 0.25) is 0 Å². The molecule has 1 amide bonds. The second kappa shape index (κ2) is 9.48. The Labute approximate surface area is 160 Å². The van der Waals surface area contributed by atoms with Crippen LogP contribution in [0.25, 0.3) is 0 Å². The number of aromatic nitrogens is 1. The van der Waals surface area contributed by atoms with Crippen LogP contribution < -0.4 is 10.6 Å². The van der Waals surface area contributed by atoms with Gasteiger partial charge in [-0.2, -0.15) is 0 Å². The van der Waals surface area contributed by atoms with Crippen LogP contribution in [-0.2, 0) is 4.74 Å². The van der Waals surface area contributed by atoms with Crippen LogP contribution in [0.1, 0.15) is 35.7 Å². The lowest BCUT2D eigenvalue weighted by molar-refractivity contribution is 0.0398. The monoisotopic (exact) mass is 368 g/mol. The zero-order valence-electron chi connectivity index (χ0n) is 16.1. The number of ether oxygens (including phenoxy) is 1. The van der Waals surface area contributed by atoms with Crippen LogP contribution in [0, 0.1) is 0 Å². The summed E-state index contributed by atoms with van der Waals surface area (Å²) in [6.45, 7) is 9.58. The maximum absolute atomic E-state index is 12.5. The molecule has 3 rings (SSSR count). The van der Waals surface area contributed by atoms with Gasteiger partial charge in [-0.15, -0.1) is 0 Å². The number of benzene rings is 1. The molecule has 1 aliphatic heterocycles. The van der Waals surface area contributed by atoms with Gasteiger partial charge in [0, 0.05) is 38.1 Å². The third-order valence-corrected chi connectivity index (χ3v) is 4.69. The summed E-state index contributed by atoms with van der Waals surface area (Å²) in [5.41, 5.74) is 2.53. The number of carbonyl (C=O) groups excluding carboxylic acids is 1. The van der Waals surface area contributed by atoms with Crippen molar-refractivity contribution in [1.29, 1.82) is 0 Å². The average Bonchev–Trinajstić information content (AvgIpc) is 2.69. The summed E-state index contributed by atoms with van der Waals surface area (Å²) in [4.78, 5) is 19.3. The molecule has 6 heteroatoms. The molecule has 2 heterocycles. The summed E-state index contributed by atoms with van der Waals surface area (Å²) >= 11 is 0. The van der Waals surface area contributed by atoms with E-state index in [4.69, 9.17) is 4.74 Å². The number of nitrogens with zero attached hydrogens (tertiary/aromatic N) is 2. The Hall–Kier alpha value is -2.44. The molecule has 2 N–H and O–H groups in total. The van der Waals surface area contributed by atoms with Gasteiger partial charge in [-0.3, -0.25) is 9.69 Å². The Morgan fingerprint density at radius 2 is 1.96 bits per heavy atom. The minimum Gasteiger partial charge on any atom is -0.379 e. The third kappa shape index (κ3) is 5.52. The molecule has 144 valence electrons. The Kier molecular flexibility index (Phi) is 6.79. The van der Waals surface area contributed by atoms with Gasteiger partial charge in [0.15, 0.2) is 0 Å². The number of hydrogen-bond acceptors (Lipinski definition) is 5. The van der Waals surface area contributed by atoms with Gasteiger partial charge in [0.05, 0.1) is 18.8 Å². The van der Waals surface area contributed by atoms with E-state index in [9.17, 15) is 4.79 Å². The number of carbonyl (C=O) groups is 1. The molecule has 0 unspecified atom stereocenters. The lowest BCUT2D eigenvalue weighted by Gasteiger charge is -2.26. The SMILES string of the molecule is CC(C)c1ccccc1NC(=O)c1ccc(NCCN2CCOCC2)nc1. The first-order valence-corrected chi connectivity index (χ1v) is 9.54. The summed E-state index contributed by atoms with van der Waals surface area (Å²) in [6.07, 6.45) is 1.62. The number of pyridine rings is 1. The van der Waals surface area contributed by atoms with Crippen molar-refractivity contribution in [3.8, 4) is 0 Å². The standard InChI is InChI=1S/C21H28N4O2/c1-16(2)18-5-3-4-6-19(18)24-21(26)17-7-8-20(23-15-17)22-9-10-25-11-13-27-14-12-25/h3-8,15-16H,9-14H2,1-2H3,(H,22,23)(H,24,26). The number of amides is 1. The molecule has 0 aliphatic carbocycles. The normalized spacial score (nSPS) is 14.9. The molecular weight excluding hydrogens is 340 g/mol. The molecule has 0 spiro atoms. The summed E-state index contributed by atoms with van der Waals surface area (Å²) < 4.78 is 5.35. The second-order valence-electron chi connectivity index (χ2n) is 7.01. The van der Waals surface area contributed by atoms with Gasteiger partial charge in [-0.05, 0) is 29.7 Å². The molecule has 0 bridgehead atoms. The molecule has 1 aromatic heterocycles. The van der Waals surface area contributed by atoms with Gasteiger partial charge in [-0.1, -0.05) is 32.0 Å². The lowest BCUT2D eigenvalue weighted by atomic mass is 10.0. The zero-order valence-corrected chi connectivity index (χ0v) is 16.1. The van der Waals surface area contributed by atoms with Crippen molar-refractivity contribution in [1.82, 2.24) is 9.88 Å². The van der Waals surface area contributed by atoms with Crippen LogP contribution in [0.4, 0.5) is 11.5 Å². The maximum atomic E-state index is 12.5. The number of rotatable bonds is 7. The molecule has 27 heavy (non-hydrogen) atoms. The van der Waals surface area contributed by atoms with E-state index in [1.54, 1.807) is 12.3 Å². The van der Waals surface area contributed by atoms with Crippen LogP contribution in [0.5, 0.6) is 0 Å². The van der Waals surface area contributed by atoms with Crippen LogP contribution >= 0.6 is 0 Å². The van der Waals surface area contributed by atoms with E-state index < -0.39 is 0 Å². The highest BCUT2D eigenvalue weighted by molar-refractivity contribution is 6.04. The highest BCUT2D eigenvalue weighted by atomic mass is 16.5. The fourth-order valence-electron chi connectivity index (χ4n) is 3.11. The minimum atomic E-state index is -0.143. The van der Waals surface area contributed by atoms with E-state index in [-0.39, 0.29) is 5.91 Å². The van der Waals surface area contributed by atoms with Crippen molar-refractivity contribution in [2.24, 2.45) is 0 Å². The maximum Gasteiger partial charge on any atom is 0.257 e. The van der Waals surface area contributed by atoms with Crippen molar-refractivity contribution in [3.05, 3.63) is 53.7 Å². The number of anilines is 2. The Morgan fingerprint density at radius 3 is 2.67 bits per heavy atom. The van der Waals surface area contributed by atoms with E-state index in [1.807, 2.05) is 30.3 Å². The summed E-state index contributed by atoms with van der Waals surface area (Å²) in [5, 5.41) is 6.30. The smallest absolute Gasteiger partial charge is 0.257 e. The highest BCUT2D eigenvalue weighted by Gasteiger charge is 2.12. The van der Waals surface area contributed by atoms with Gasteiger partial charge >= 0.3 is 0 Å². The molecular formula is C21H28N4O2. The molecule has 1 aliphatic rings. The van der Waals surface area contributed by atoms with Crippen LogP contribution in [0.2, 0.25) is 0 Å². The molecule has 2 aromatic rings. The highest BCUT2D eigenvalue weighted by Crippen LogP contribution is 2.24. The van der Waals surface area contributed by atoms with Crippen LogP contribution in [-0.4, -0.2) is 55.2 Å². The largest absolute Gasteiger partial charge is 0.379 e. The van der Waals surface area contributed by atoms with Gasteiger partial charge in [0.25, 0.3) is 5.91 Å². The average molecular weight is 368 g/mol. The van der Waals surface area contributed by atoms with E-state index in [2.05, 4.69) is 34.4 Å². The first kappa shape index (κ1) is 19.3. The van der Waals surface area contributed by atoms with E-state index >= 15 is 0 Å². The summed E-state index contributed by atoms with van der Waals surface area (Å²) in [7, 11) is 0. The first-order valence-electron chi connectivity index (χ1n) is 9.54. The van der Waals surface area contributed by atoms with E-state index in [0.29, 0.717) is 11.5 Å². The second-order valence-corrected chi connectivity index (χ2v) is 7.01.